The summed E-state index contributed by atoms with van der Waals surface area (Å²) in [5, 5.41) is 12.6. The van der Waals surface area contributed by atoms with Crippen molar-refractivity contribution in [2.24, 2.45) is 0 Å². The highest BCUT2D eigenvalue weighted by atomic mass is 16.5. The van der Waals surface area contributed by atoms with E-state index in [-0.39, 0.29) is 23.8 Å². The van der Waals surface area contributed by atoms with Crippen LogP contribution in [0.15, 0.2) is 24.3 Å². The molecule has 1 fully saturated rings. The van der Waals surface area contributed by atoms with Crippen LogP contribution in [0.2, 0.25) is 0 Å². The van der Waals surface area contributed by atoms with Crippen LogP contribution in [0.3, 0.4) is 0 Å². The molecular formula is C15H22N2O3. The van der Waals surface area contributed by atoms with Gasteiger partial charge in [-0.2, -0.15) is 0 Å². The van der Waals surface area contributed by atoms with Gasteiger partial charge in [0, 0.05) is 25.7 Å². The van der Waals surface area contributed by atoms with Gasteiger partial charge in [-0.05, 0) is 31.5 Å². The molecule has 0 spiro atoms. The predicted octanol–water partition coefficient (Wildman–Crippen LogP) is 1.29. The van der Waals surface area contributed by atoms with Crippen LogP contribution in [-0.4, -0.2) is 48.3 Å². The number of rotatable bonds is 4. The number of carbonyl (C=O) groups is 1. The molecular weight excluding hydrogens is 256 g/mol. The maximum Gasteiger partial charge on any atom is 0.324 e. The van der Waals surface area contributed by atoms with E-state index < -0.39 is 0 Å². The Bertz CT molecular complexity index is 447. The molecule has 1 heterocycles. The molecule has 5 nitrogen and oxygen atoms in total. The van der Waals surface area contributed by atoms with Crippen LogP contribution < -0.4 is 5.32 Å². The maximum atomic E-state index is 12.1. The second-order valence-corrected chi connectivity index (χ2v) is 4.98. The molecule has 1 aliphatic rings. The highest BCUT2D eigenvalue weighted by Gasteiger charge is 2.33. The van der Waals surface area contributed by atoms with Crippen molar-refractivity contribution in [3.05, 3.63) is 29.8 Å². The molecule has 2 N–H and O–H groups in total. The zero-order valence-corrected chi connectivity index (χ0v) is 12.0. The Labute approximate surface area is 119 Å². The van der Waals surface area contributed by atoms with Gasteiger partial charge in [0.1, 0.15) is 11.8 Å². The Balaban J connectivity index is 2.14. The zero-order chi connectivity index (χ0) is 14.5. The van der Waals surface area contributed by atoms with Crippen molar-refractivity contribution in [3.8, 4) is 5.75 Å². The number of esters is 1. The summed E-state index contributed by atoms with van der Waals surface area (Å²) >= 11 is 0. The van der Waals surface area contributed by atoms with Crippen LogP contribution in [0, 0.1) is 0 Å². The van der Waals surface area contributed by atoms with Crippen LogP contribution >= 0.6 is 0 Å². The number of phenolic OH excluding ortho intramolecular Hbond substituents is 1. The number of nitrogens with one attached hydrogen (secondary N) is 1. The third-order valence-electron chi connectivity index (χ3n) is 3.72. The molecule has 1 aliphatic heterocycles. The van der Waals surface area contributed by atoms with Crippen LogP contribution in [-0.2, 0) is 9.53 Å². The largest absolute Gasteiger partial charge is 0.508 e. The Morgan fingerprint density at radius 2 is 2.20 bits per heavy atom. The zero-order valence-electron chi connectivity index (χ0n) is 12.0. The van der Waals surface area contributed by atoms with Gasteiger partial charge in [0.15, 0.2) is 0 Å². The molecule has 110 valence electrons. The average Bonchev–Trinajstić information content (AvgIpc) is 2.47. The van der Waals surface area contributed by atoms with E-state index in [9.17, 15) is 9.90 Å². The third-order valence-corrected chi connectivity index (χ3v) is 3.72. The summed E-state index contributed by atoms with van der Waals surface area (Å²) in [7, 11) is 0. The number of carbonyl (C=O) groups excluding carboxylic acids is 1. The van der Waals surface area contributed by atoms with E-state index in [1.54, 1.807) is 12.1 Å². The van der Waals surface area contributed by atoms with Crippen molar-refractivity contribution in [2.75, 3.05) is 26.2 Å². The van der Waals surface area contributed by atoms with E-state index in [0.717, 1.165) is 18.7 Å². The Morgan fingerprint density at radius 3 is 2.85 bits per heavy atom. The van der Waals surface area contributed by atoms with E-state index in [2.05, 4.69) is 17.1 Å². The van der Waals surface area contributed by atoms with Gasteiger partial charge in [0.05, 0.1) is 6.61 Å². The van der Waals surface area contributed by atoms with Crippen molar-refractivity contribution in [3.63, 3.8) is 0 Å². The lowest BCUT2D eigenvalue weighted by molar-refractivity contribution is -0.151. The topological polar surface area (TPSA) is 61.8 Å². The summed E-state index contributed by atoms with van der Waals surface area (Å²) in [6, 6.07) is 6.98. The molecule has 0 aliphatic carbocycles. The van der Waals surface area contributed by atoms with E-state index in [4.69, 9.17) is 4.74 Å². The fraction of sp³-hybridized carbons (Fsp3) is 0.533. The molecule has 0 amide bonds. The molecule has 0 saturated carbocycles. The first kappa shape index (κ1) is 14.8. The monoisotopic (exact) mass is 278 g/mol. The highest BCUT2D eigenvalue weighted by molar-refractivity contribution is 5.76. The SMILES string of the molecule is CCOC(=O)C1CNCCN1C(C)c1ccc(O)cc1. The highest BCUT2D eigenvalue weighted by Crippen LogP contribution is 2.25. The van der Waals surface area contributed by atoms with E-state index in [1.165, 1.54) is 0 Å². The summed E-state index contributed by atoms with van der Waals surface area (Å²) in [5.41, 5.74) is 1.08. The van der Waals surface area contributed by atoms with E-state index >= 15 is 0 Å². The number of ether oxygens (including phenoxy) is 1. The first-order valence-corrected chi connectivity index (χ1v) is 7.05. The fourth-order valence-electron chi connectivity index (χ4n) is 2.59. The van der Waals surface area contributed by atoms with Crippen molar-refractivity contribution < 1.29 is 14.6 Å². The van der Waals surface area contributed by atoms with E-state index in [0.29, 0.717) is 13.2 Å². The summed E-state index contributed by atoms with van der Waals surface area (Å²) < 4.78 is 5.16. The van der Waals surface area contributed by atoms with Gasteiger partial charge in [0.2, 0.25) is 0 Å². The van der Waals surface area contributed by atoms with Crippen molar-refractivity contribution in [1.29, 1.82) is 0 Å². The van der Waals surface area contributed by atoms with Gasteiger partial charge in [-0.25, -0.2) is 0 Å². The lowest BCUT2D eigenvalue weighted by Gasteiger charge is -2.38. The van der Waals surface area contributed by atoms with Crippen LogP contribution in [0.4, 0.5) is 0 Å². The smallest absolute Gasteiger partial charge is 0.324 e. The van der Waals surface area contributed by atoms with Gasteiger partial charge in [-0.15, -0.1) is 0 Å². The van der Waals surface area contributed by atoms with Crippen LogP contribution in [0.5, 0.6) is 5.75 Å². The molecule has 1 saturated heterocycles. The molecule has 0 radical (unpaired) electrons. The summed E-state index contributed by atoms with van der Waals surface area (Å²) in [4.78, 5) is 14.2. The van der Waals surface area contributed by atoms with Crippen molar-refractivity contribution in [2.45, 2.75) is 25.9 Å². The Morgan fingerprint density at radius 1 is 1.50 bits per heavy atom. The molecule has 2 atom stereocenters. The first-order valence-electron chi connectivity index (χ1n) is 7.05. The van der Waals surface area contributed by atoms with Crippen LogP contribution in [0.1, 0.15) is 25.5 Å². The molecule has 0 aromatic heterocycles. The molecule has 1 aromatic carbocycles. The number of hydrogen-bond acceptors (Lipinski definition) is 5. The number of aromatic hydroxyl groups is 1. The molecule has 1 aromatic rings. The van der Waals surface area contributed by atoms with Crippen LogP contribution in [0.25, 0.3) is 0 Å². The lowest BCUT2D eigenvalue weighted by atomic mass is 10.0. The fourth-order valence-corrected chi connectivity index (χ4v) is 2.59. The lowest BCUT2D eigenvalue weighted by Crippen LogP contribution is -2.55. The van der Waals surface area contributed by atoms with Gasteiger partial charge in [-0.1, -0.05) is 12.1 Å². The number of phenols is 1. The van der Waals surface area contributed by atoms with Crippen molar-refractivity contribution in [1.82, 2.24) is 10.2 Å². The standard InChI is InChI=1S/C15H22N2O3/c1-3-20-15(19)14-10-16-8-9-17(14)11(2)12-4-6-13(18)7-5-12/h4-7,11,14,16,18H,3,8-10H2,1-2H3. The maximum absolute atomic E-state index is 12.1. The quantitative estimate of drug-likeness (QED) is 0.813. The Kier molecular flexibility index (Phi) is 4.98. The number of piperazine rings is 1. The van der Waals surface area contributed by atoms with Gasteiger partial charge < -0.3 is 15.2 Å². The molecule has 5 heteroatoms. The first-order chi connectivity index (χ1) is 9.63. The number of benzene rings is 1. The van der Waals surface area contributed by atoms with Gasteiger partial charge in [-0.3, -0.25) is 9.69 Å². The summed E-state index contributed by atoms with van der Waals surface area (Å²) in [5.74, 6) is 0.0773. The second kappa shape index (κ2) is 6.72. The predicted molar refractivity (Wildman–Crippen MR) is 76.5 cm³/mol. The Hall–Kier alpha value is -1.59. The minimum absolute atomic E-state index is 0.104. The summed E-state index contributed by atoms with van der Waals surface area (Å²) in [6.07, 6.45) is 0. The summed E-state index contributed by atoms with van der Waals surface area (Å²) in [6.45, 7) is 6.56. The normalized spacial score (nSPS) is 21.4. The minimum Gasteiger partial charge on any atom is -0.508 e. The van der Waals surface area contributed by atoms with Crippen molar-refractivity contribution >= 4 is 5.97 Å². The molecule has 2 unspecified atom stereocenters. The average molecular weight is 278 g/mol. The number of nitrogens with zero attached hydrogens (tertiary/aromatic N) is 1. The minimum atomic E-state index is -0.257. The van der Waals surface area contributed by atoms with Gasteiger partial charge >= 0.3 is 5.97 Å². The van der Waals surface area contributed by atoms with E-state index in [1.807, 2.05) is 19.1 Å². The third kappa shape index (κ3) is 3.29. The molecule has 2 rings (SSSR count). The number of hydrogen-bond donors (Lipinski definition) is 2. The molecule has 0 bridgehead atoms. The van der Waals surface area contributed by atoms with Gasteiger partial charge in [0.25, 0.3) is 0 Å². The second-order valence-electron chi connectivity index (χ2n) is 4.98. The molecule has 20 heavy (non-hydrogen) atoms.